The van der Waals surface area contributed by atoms with E-state index in [-0.39, 0.29) is 0 Å². The molecule has 0 aliphatic heterocycles. The van der Waals surface area contributed by atoms with Gasteiger partial charge < -0.3 is 5.32 Å². The highest BCUT2D eigenvalue weighted by Crippen LogP contribution is 2.26. The Balaban J connectivity index is 2.47. The molecule has 1 N–H and O–H groups in total. The normalized spacial score (nSPS) is 10.4. The Kier molecular flexibility index (Phi) is 4.64. The van der Waals surface area contributed by atoms with Crippen LogP contribution in [0, 0.1) is 3.57 Å². The number of nitrogens with one attached hydrogen (secondary N) is 1. The first-order chi connectivity index (χ1) is 8.60. The molecule has 0 saturated carbocycles. The molecule has 0 amide bonds. The highest BCUT2D eigenvalue weighted by atomic mass is 127. The summed E-state index contributed by atoms with van der Waals surface area (Å²) >= 11 is 14.1. The van der Waals surface area contributed by atoms with Gasteiger partial charge in [-0.2, -0.15) is 0 Å². The standard InChI is InChI=1S/C12H10Cl2IN3/c1-2-16-12-10(15)6-17-11(18-12)7-3-8(13)5-9(14)4-7/h3-6H,2H2,1H3,(H,16,17,18). The van der Waals surface area contributed by atoms with Gasteiger partial charge in [-0.1, -0.05) is 23.2 Å². The average Bonchev–Trinajstić information content (AvgIpc) is 2.31. The maximum Gasteiger partial charge on any atom is 0.161 e. The van der Waals surface area contributed by atoms with Crippen molar-refractivity contribution in [1.29, 1.82) is 0 Å². The Morgan fingerprint density at radius 2 is 1.89 bits per heavy atom. The molecule has 18 heavy (non-hydrogen) atoms. The smallest absolute Gasteiger partial charge is 0.161 e. The van der Waals surface area contributed by atoms with Gasteiger partial charge in [0.2, 0.25) is 0 Å². The molecular formula is C12H10Cl2IN3. The lowest BCUT2D eigenvalue weighted by atomic mass is 10.2. The molecule has 2 rings (SSSR count). The van der Waals surface area contributed by atoms with E-state index in [4.69, 9.17) is 23.2 Å². The van der Waals surface area contributed by atoms with E-state index in [9.17, 15) is 0 Å². The van der Waals surface area contributed by atoms with Crippen LogP contribution in [-0.4, -0.2) is 16.5 Å². The van der Waals surface area contributed by atoms with Crippen LogP contribution in [0.25, 0.3) is 11.4 Å². The van der Waals surface area contributed by atoms with Gasteiger partial charge in [-0.3, -0.25) is 0 Å². The minimum Gasteiger partial charge on any atom is -0.369 e. The van der Waals surface area contributed by atoms with Crippen LogP contribution in [0.2, 0.25) is 10.0 Å². The number of nitrogens with zero attached hydrogens (tertiary/aromatic N) is 2. The molecule has 0 fully saturated rings. The van der Waals surface area contributed by atoms with Crippen molar-refractivity contribution in [3.8, 4) is 11.4 Å². The molecule has 0 bridgehead atoms. The SMILES string of the molecule is CCNc1nc(-c2cc(Cl)cc(Cl)c2)ncc1I. The van der Waals surface area contributed by atoms with Gasteiger partial charge in [0, 0.05) is 28.4 Å². The summed E-state index contributed by atoms with van der Waals surface area (Å²) in [5.41, 5.74) is 0.808. The van der Waals surface area contributed by atoms with E-state index < -0.39 is 0 Å². The number of aromatic nitrogens is 2. The van der Waals surface area contributed by atoms with Gasteiger partial charge >= 0.3 is 0 Å². The molecule has 0 atom stereocenters. The summed E-state index contributed by atoms with van der Waals surface area (Å²) in [5.74, 6) is 1.43. The van der Waals surface area contributed by atoms with E-state index in [2.05, 4.69) is 37.9 Å². The molecule has 94 valence electrons. The predicted molar refractivity (Wildman–Crippen MR) is 84.4 cm³/mol. The quantitative estimate of drug-likeness (QED) is 0.781. The third-order valence-electron chi connectivity index (χ3n) is 2.21. The van der Waals surface area contributed by atoms with E-state index in [1.807, 2.05) is 6.92 Å². The second kappa shape index (κ2) is 6.04. The van der Waals surface area contributed by atoms with Gasteiger partial charge in [0.25, 0.3) is 0 Å². The average molecular weight is 394 g/mol. The third kappa shape index (κ3) is 3.24. The predicted octanol–water partition coefficient (Wildman–Crippen LogP) is 4.49. The van der Waals surface area contributed by atoms with E-state index in [1.54, 1.807) is 24.4 Å². The second-order valence-corrected chi connectivity index (χ2v) is 5.61. The molecule has 0 spiro atoms. The fourth-order valence-corrected chi connectivity index (χ4v) is 2.46. The zero-order chi connectivity index (χ0) is 13.1. The van der Waals surface area contributed by atoms with Crippen LogP contribution >= 0.6 is 45.8 Å². The summed E-state index contributed by atoms with van der Waals surface area (Å²) < 4.78 is 0.978. The largest absolute Gasteiger partial charge is 0.369 e. The number of anilines is 1. The maximum atomic E-state index is 5.98. The molecular weight excluding hydrogens is 384 g/mol. The summed E-state index contributed by atoms with van der Waals surface area (Å²) in [4.78, 5) is 8.77. The lowest BCUT2D eigenvalue weighted by Gasteiger charge is -2.07. The van der Waals surface area contributed by atoms with Crippen LogP contribution in [0.4, 0.5) is 5.82 Å². The number of hydrogen-bond donors (Lipinski definition) is 1. The van der Waals surface area contributed by atoms with Gasteiger partial charge in [0.1, 0.15) is 5.82 Å². The van der Waals surface area contributed by atoms with E-state index in [0.717, 1.165) is 21.5 Å². The Morgan fingerprint density at radius 1 is 1.22 bits per heavy atom. The first kappa shape index (κ1) is 13.8. The maximum absolute atomic E-state index is 5.98. The molecule has 1 heterocycles. The highest BCUT2D eigenvalue weighted by molar-refractivity contribution is 14.1. The minimum atomic E-state index is 0.574. The Bertz CT molecular complexity index is 555. The summed E-state index contributed by atoms with van der Waals surface area (Å²) in [6, 6.07) is 5.28. The van der Waals surface area contributed by atoms with Crippen molar-refractivity contribution >= 4 is 51.6 Å². The summed E-state index contributed by atoms with van der Waals surface area (Å²) in [7, 11) is 0. The molecule has 1 aromatic carbocycles. The number of hydrogen-bond acceptors (Lipinski definition) is 3. The van der Waals surface area contributed by atoms with Crippen molar-refractivity contribution in [3.63, 3.8) is 0 Å². The summed E-state index contributed by atoms with van der Waals surface area (Å²) in [6.45, 7) is 2.83. The van der Waals surface area contributed by atoms with Crippen molar-refractivity contribution in [2.45, 2.75) is 6.92 Å². The summed E-state index contributed by atoms with van der Waals surface area (Å²) in [5, 5.41) is 4.34. The molecule has 0 aliphatic carbocycles. The number of rotatable bonds is 3. The first-order valence-electron chi connectivity index (χ1n) is 5.33. The fourth-order valence-electron chi connectivity index (χ4n) is 1.48. The zero-order valence-electron chi connectivity index (χ0n) is 9.54. The molecule has 1 aromatic heterocycles. The van der Waals surface area contributed by atoms with E-state index >= 15 is 0 Å². The summed E-state index contributed by atoms with van der Waals surface area (Å²) in [6.07, 6.45) is 1.77. The lowest BCUT2D eigenvalue weighted by Crippen LogP contribution is -2.03. The van der Waals surface area contributed by atoms with Crippen molar-refractivity contribution in [2.24, 2.45) is 0 Å². The third-order valence-corrected chi connectivity index (χ3v) is 3.43. The van der Waals surface area contributed by atoms with Gasteiger partial charge in [-0.15, -0.1) is 0 Å². The molecule has 6 heteroatoms. The lowest BCUT2D eigenvalue weighted by molar-refractivity contribution is 1.10. The highest BCUT2D eigenvalue weighted by Gasteiger charge is 2.08. The van der Waals surface area contributed by atoms with E-state index in [1.165, 1.54) is 0 Å². The van der Waals surface area contributed by atoms with Crippen molar-refractivity contribution < 1.29 is 0 Å². The van der Waals surface area contributed by atoms with E-state index in [0.29, 0.717) is 15.9 Å². The Morgan fingerprint density at radius 3 is 2.50 bits per heavy atom. The first-order valence-corrected chi connectivity index (χ1v) is 7.16. The molecule has 2 aromatic rings. The molecule has 0 unspecified atom stereocenters. The van der Waals surface area contributed by atoms with Crippen LogP contribution in [-0.2, 0) is 0 Å². The van der Waals surface area contributed by atoms with Crippen LogP contribution < -0.4 is 5.32 Å². The van der Waals surface area contributed by atoms with Gasteiger partial charge in [-0.25, -0.2) is 9.97 Å². The van der Waals surface area contributed by atoms with Crippen LogP contribution in [0.5, 0.6) is 0 Å². The van der Waals surface area contributed by atoms with Gasteiger partial charge in [0.05, 0.1) is 3.57 Å². The Labute approximate surface area is 129 Å². The number of benzene rings is 1. The van der Waals surface area contributed by atoms with Crippen molar-refractivity contribution in [1.82, 2.24) is 9.97 Å². The zero-order valence-corrected chi connectivity index (χ0v) is 13.2. The van der Waals surface area contributed by atoms with Crippen molar-refractivity contribution in [3.05, 3.63) is 38.0 Å². The molecule has 0 saturated heterocycles. The topological polar surface area (TPSA) is 37.8 Å². The number of halogens is 3. The van der Waals surface area contributed by atoms with Crippen molar-refractivity contribution in [2.75, 3.05) is 11.9 Å². The van der Waals surface area contributed by atoms with Gasteiger partial charge in [-0.05, 0) is 47.7 Å². The minimum absolute atomic E-state index is 0.574. The Hall–Kier alpha value is -0.590. The molecule has 0 aliphatic rings. The molecule has 0 radical (unpaired) electrons. The van der Waals surface area contributed by atoms with Gasteiger partial charge in [0.15, 0.2) is 5.82 Å². The van der Waals surface area contributed by atoms with Crippen LogP contribution in [0.15, 0.2) is 24.4 Å². The second-order valence-electron chi connectivity index (χ2n) is 3.58. The fraction of sp³-hybridized carbons (Fsp3) is 0.167. The van der Waals surface area contributed by atoms with Crippen LogP contribution in [0.3, 0.4) is 0 Å². The van der Waals surface area contributed by atoms with Crippen LogP contribution in [0.1, 0.15) is 6.92 Å². The molecule has 3 nitrogen and oxygen atoms in total. The monoisotopic (exact) mass is 393 g/mol.